The molecule has 56 heavy (non-hydrogen) atoms. The van der Waals surface area contributed by atoms with E-state index >= 15 is 0 Å². The fourth-order valence-corrected chi connectivity index (χ4v) is 7.13. The van der Waals surface area contributed by atoms with Crippen molar-refractivity contribution in [3.05, 3.63) is 36.5 Å². The maximum Gasteiger partial charge on any atom is 0.305 e. The zero-order valence-electron chi connectivity index (χ0n) is 37.1. The second-order valence-corrected chi connectivity index (χ2v) is 16.4. The average molecular weight is 788 g/mol. The summed E-state index contributed by atoms with van der Waals surface area (Å²) >= 11 is 0. The van der Waals surface area contributed by atoms with Crippen LogP contribution in [0.15, 0.2) is 36.5 Å². The van der Waals surface area contributed by atoms with Crippen molar-refractivity contribution in [3.63, 3.8) is 0 Å². The molecule has 6 nitrogen and oxygen atoms in total. The smallest absolute Gasteiger partial charge is 0.305 e. The molecule has 0 saturated carbocycles. The summed E-state index contributed by atoms with van der Waals surface area (Å²) in [5.74, 6) is -0.104. The molecule has 0 heterocycles. The minimum Gasteiger partial charge on any atom is -0.466 e. The van der Waals surface area contributed by atoms with Gasteiger partial charge in [0.05, 0.1) is 25.4 Å². The van der Waals surface area contributed by atoms with Gasteiger partial charge in [-0.3, -0.25) is 9.59 Å². The predicted octanol–water partition coefficient (Wildman–Crippen LogP) is 14.1. The van der Waals surface area contributed by atoms with Crippen LogP contribution in [-0.4, -0.2) is 47.4 Å². The number of rotatable bonds is 44. The van der Waals surface area contributed by atoms with Gasteiger partial charge in [0, 0.05) is 12.8 Å². The number of unbranched alkanes of at least 4 members (excludes halogenated alkanes) is 29. The molecular formula is C50H93NO5. The third-order valence-corrected chi connectivity index (χ3v) is 10.9. The Morgan fingerprint density at radius 3 is 1.36 bits per heavy atom. The van der Waals surface area contributed by atoms with Gasteiger partial charge in [0.25, 0.3) is 0 Å². The topological polar surface area (TPSA) is 95.9 Å². The Balaban J connectivity index is 3.54. The van der Waals surface area contributed by atoms with E-state index in [9.17, 15) is 19.8 Å². The van der Waals surface area contributed by atoms with Crippen molar-refractivity contribution in [2.75, 3.05) is 13.2 Å². The molecule has 0 aliphatic heterocycles. The number of aliphatic hydroxyl groups excluding tert-OH is 2. The number of carbonyl (C=O) groups is 2. The molecule has 6 heteroatoms. The van der Waals surface area contributed by atoms with E-state index in [0.717, 1.165) is 83.5 Å². The van der Waals surface area contributed by atoms with Crippen molar-refractivity contribution >= 4 is 11.9 Å². The van der Waals surface area contributed by atoms with Gasteiger partial charge in [-0.15, -0.1) is 0 Å². The molecule has 0 fully saturated rings. The lowest BCUT2D eigenvalue weighted by molar-refractivity contribution is -0.143. The first kappa shape index (κ1) is 54.1. The summed E-state index contributed by atoms with van der Waals surface area (Å²) in [4.78, 5) is 24.3. The molecule has 0 aromatic heterocycles. The van der Waals surface area contributed by atoms with Crippen molar-refractivity contribution in [1.29, 1.82) is 0 Å². The number of esters is 1. The highest BCUT2D eigenvalue weighted by atomic mass is 16.5. The number of hydrogen-bond donors (Lipinski definition) is 3. The lowest BCUT2D eigenvalue weighted by Crippen LogP contribution is -2.45. The lowest BCUT2D eigenvalue weighted by Gasteiger charge is -2.20. The summed E-state index contributed by atoms with van der Waals surface area (Å²) in [5.41, 5.74) is 0. The fraction of sp³-hybridized carbons (Fsp3) is 0.840. The summed E-state index contributed by atoms with van der Waals surface area (Å²) in [6, 6.07) is -0.638. The summed E-state index contributed by atoms with van der Waals surface area (Å²) in [5, 5.41) is 22.9. The second-order valence-electron chi connectivity index (χ2n) is 16.4. The van der Waals surface area contributed by atoms with Crippen molar-refractivity contribution in [2.45, 2.75) is 257 Å². The predicted molar refractivity (Wildman–Crippen MR) is 241 cm³/mol. The first-order valence-electron chi connectivity index (χ1n) is 24.3. The largest absolute Gasteiger partial charge is 0.466 e. The quantitative estimate of drug-likeness (QED) is 0.0325. The number of allylic oxidation sites excluding steroid dienone is 5. The van der Waals surface area contributed by atoms with E-state index in [-0.39, 0.29) is 18.5 Å². The minimum atomic E-state index is -0.853. The summed E-state index contributed by atoms with van der Waals surface area (Å²) in [7, 11) is 0. The van der Waals surface area contributed by atoms with Crippen LogP contribution < -0.4 is 5.32 Å². The Labute approximate surface area is 347 Å². The second kappa shape index (κ2) is 45.8. The van der Waals surface area contributed by atoms with E-state index in [2.05, 4.69) is 43.5 Å². The normalized spacial score (nSPS) is 13.0. The van der Waals surface area contributed by atoms with Gasteiger partial charge >= 0.3 is 5.97 Å². The molecule has 0 bridgehead atoms. The van der Waals surface area contributed by atoms with Crippen LogP contribution in [0.4, 0.5) is 0 Å². The fourth-order valence-electron chi connectivity index (χ4n) is 7.13. The van der Waals surface area contributed by atoms with E-state index in [1.807, 2.05) is 6.08 Å². The van der Waals surface area contributed by atoms with Crippen LogP contribution in [-0.2, 0) is 14.3 Å². The maximum absolute atomic E-state index is 12.4. The van der Waals surface area contributed by atoms with Gasteiger partial charge in [0.15, 0.2) is 0 Å². The molecule has 0 aliphatic carbocycles. The summed E-state index contributed by atoms with van der Waals surface area (Å²) < 4.78 is 5.42. The highest BCUT2D eigenvalue weighted by molar-refractivity contribution is 5.76. The van der Waals surface area contributed by atoms with Gasteiger partial charge in [-0.2, -0.15) is 0 Å². The molecular weight excluding hydrogens is 695 g/mol. The molecule has 0 saturated heterocycles. The van der Waals surface area contributed by atoms with E-state index < -0.39 is 12.1 Å². The Morgan fingerprint density at radius 2 is 0.893 bits per heavy atom. The molecule has 0 aromatic rings. The van der Waals surface area contributed by atoms with E-state index in [4.69, 9.17) is 4.74 Å². The molecule has 2 unspecified atom stereocenters. The van der Waals surface area contributed by atoms with Crippen molar-refractivity contribution in [1.82, 2.24) is 5.32 Å². The van der Waals surface area contributed by atoms with Gasteiger partial charge in [0.2, 0.25) is 5.91 Å². The van der Waals surface area contributed by atoms with Crippen LogP contribution in [0, 0.1) is 0 Å². The van der Waals surface area contributed by atoms with Crippen molar-refractivity contribution in [2.24, 2.45) is 0 Å². The van der Waals surface area contributed by atoms with Crippen molar-refractivity contribution < 1.29 is 24.5 Å². The Morgan fingerprint density at radius 1 is 0.500 bits per heavy atom. The average Bonchev–Trinajstić information content (AvgIpc) is 3.20. The molecule has 0 aliphatic rings. The minimum absolute atomic E-state index is 0.0177. The Bertz CT molecular complexity index is 915. The molecule has 0 radical (unpaired) electrons. The highest BCUT2D eigenvalue weighted by Crippen LogP contribution is 2.14. The molecule has 0 aromatic carbocycles. The van der Waals surface area contributed by atoms with Crippen molar-refractivity contribution in [3.8, 4) is 0 Å². The molecule has 0 spiro atoms. The monoisotopic (exact) mass is 788 g/mol. The molecule has 1 amide bonds. The van der Waals surface area contributed by atoms with Gasteiger partial charge in [-0.05, 0) is 70.6 Å². The Kier molecular flexibility index (Phi) is 44.2. The van der Waals surface area contributed by atoms with Gasteiger partial charge in [-0.1, -0.05) is 198 Å². The standard InChI is InChI=1S/C50H93NO5/c1-3-5-7-9-11-13-22-26-30-34-38-42-48(53)47(46-52)51-49(54)43-39-35-31-27-24-20-18-16-15-17-19-21-25-29-33-37-41-45-56-50(55)44-40-36-32-28-23-14-12-10-8-6-4-2/h15,17,21,25,38,42,47-48,52-53H,3-14,16,18-20,22-24,26-37,39-41,43-46H2,1-2H3,(H,51,54)/b17-15-,25-21-,42-38+. The van der Waals surface area contributed by atoms with E-state index in [1.54, 1.807) is 6.08 Å². The number of hydrogen-bond acceptors (Lipinski definition) is 5. The van der Waals surface area contributed by atoms with Crippen LogP contribution >= 0.6 is 0 Å². The van der Waals surface area contributed by atoms with E-state index in [1.165, 1.54) is 135 Å². The molecule has 3 N–H and O–H groups in total. The van der Waals surface area contributed by atoms with Crippen LogP contribution in [0.1, 0.15) is 245 Å². The zero-order chi connectivity index (χ0) is 40.8. The van der Waals surface area contributed by atoms with Crippen LogP contribution in [0.3, 0.4) is 0 Å². The summed E-state index contributed by atoms with van der Waals surface area (Å²) in [6.07, 6.45) is 54.2. The number of amides is 1. The van der Waals surface area contributed by atoms with Gasteiger partial charge in [-0.25, -0.2) is 0 Å². The third-order valence-electron chi connectivity index (χ3n) is 10.9. The number of aliphatic hydroxyl groups is 2. The maximum atomic E-state index is 12.4. The van der Waals surface area contributed by atoms with Crippen LogP contribution in [0.5, 0.6) is 0 Å². The van der Waals surface area contributed by atoms with Crippen LogP contribution in [0.2, 0.25) is 0 Å². The van der Waals surface area contributed by atoms with Crippen LogP contribution in [0.25, 0.3) is 0 Å². The SMILES string of the molecule is CCCCCCCCCCC/C=C/C(O)C(CO)NC(=O)CCCCCCCCC/C=C\C/C=C\CCCCCOC(=O)CCCCCCCCCCCCC. The summed E-state index contributed by atoms with van der Waals surface area (Å²) in [6.45, 7) is 4.82. The molecule has 2 atom stereocenters. The number of ether oxygens (including phenoxy) is 1. The molecule has 0 rings (SSSR count). The number of carbonyl (C=O) groups excluding carboxylic acids is 2. The lowest BCUT2D eigenvalue weighted by atomic mass is 10.1. The first-order valence-corrected chi connectivity index (χ1v) is 24.3. The van der Waals surface area contributed by atoms with Gasteiger partial charge in [0.1, 0.15) is 0 Å². The van der Waals surface area contributed by atoms with Gasteiger partial charge < -0.3 is 20.3 Å². The molecule has 328 valence electrons. The highest BCUT2D eigenvalue weighted by Gasteiger charge is 2.18. The third kappa shape index (κ3) is 41.7. The Hall–Kier alpha value is -1.92. The zero-order valence-corrected chi connectivity index (χ0v) is 37.1. The first-order chi connectivity index (χ1) is 27.5. The van der Waals surface area contributed by atoms with E-state index in [0.29, 0.717) is 19.4 Å². The number of nitrogens with one attached hydrogen (secondary N) is 1.